The maximum absolute atomic E-state index is 3.66. The van der Waals surface area contributed by atoms with Gasteiger partial charge in [0, 0.05) is 0 Å². The third-order valence-electron chi connectivity index (χ3n) is 1.45. The van der Waals surface area contributed by atoms with Gasteiger partial charge in [-0.15, -0.1) is 6.58 Å². The van der Waals surface area contributed by atoms with Gasteiger partial charge >= 0.3 is 0 Å². The van der Waals surface area contributed by atoms with Crippen molar-refractivity contribution in [2.24, 2.45) is 0 Å². The Balaban J connectivity index is 3.98. The van der Waals surface area contributed by atoms with Crippen LogP contribution in [-0.2, 0) is 0 Å². The Morgan fingerprint density at radius 1 is 1.45 bits per heavy atom. The molecule has 0 heterocycles. The molecule has 0 aromatic heterocycles. The summed E-state index contributed by atoms with van der Waals surface area (Å²) in [5, 5.41) is 0. The van der Waals surface area contributed by atoms with E-state index in [0.29, 0.717) is 0 Å². The fourth-order valence-electron chi connectivity index (χ4n) is 0.556. The summed E-state index contributed by atoms with van der Waals surface area (Å²) in [6.07, 6.45) is 8.13. The second-order valence-electron chi connectivity index (χ2n) is 2.47. The highest BCUT2D eigenvalue weighted by atomic mass is 79.9. The van der Waals surface area contributed by atoms with Crippen molar-refractivity contribution in [3.63, 3.8) is 0 Å². The van der Waals surface area contributed by atoms with Crippen LogP contribution in [0.15, 0.2) is 34.9 Å². The lowest BCUT2D eigenvalue weighted by molar-refractivity contribution is 1.10. The fourth-order valence-corrected chi connectivity index (χ4v) is 0.918. The number of rotatable bonds is 4. The molecule has 0 fully saturated rings. The van der Waals surface area contributed by atoms with E-state index in [1.807, 2.05) is 6.08 Å². The van der Waals surface area contributed by atoms with Gasteiger partial charge in [-0.05, 0) is 24.2 Å². The Morgan fingerprint density at radius 2 is 2.09 bits per heavy atom. The standard InChI is InChI=1S/C10H15Br/c1-4-6-10(11)8-7-9(3)5-2/h4,7-8H,1,5-6H2,2-3H3/b9-7-,10-8+. The van der Waals surface area contributed by atoms with Crippen molar-refractivity contribution in [3.05, 3.63) is 34.9 Å². The molecule has 11 heavy (non-hydrogen) atoms. The first kappa shape index (κ1) is 10.7. The zero-order valence-electron chi connectivity index (χ0n) is 7.23. The highest BCUT2D eigenvalue weighted by Gasteiger charge is 1.84. The van der Waals surface area contributed by atoms with Gasteiger partial charge in [0.25, 0.3) is 0 Å². The van der Waals surface area contributed by atoms with Gasteiger partial charge in [0.05, 0.1) is 0 Å². The van der Waals surface area contributed by atoms with E-state index in [9.17, 15) is 0 Å². The molecular formula is C10H15Br. The van der Waals surface area contributed by atoms with Crippen LogP contribution in [0, 0.1) is 0 Å². The van der Waals surface area contributed by atoms with Gasteiger partial charge in [-0.3, -0.25) is 0 Å². The second-order valence-corrected chi connectivity index (χ2v) is 3.49. The molecule has 0 radical (unpaired) electrons. The quantitative estimate of drug-likeness (QED) is 0.487. The van der Waals surface area contributed by atoms with Gasteiger partial charge in [0.15, 0.2) is 0 Å². The Hall–Kier alpha value is -0.300. The van der Waals surface area contributed by atoms with Crippen molar-refractivity contribution >= 4 is 15.9 Å². The first-order valence-electron chi connectivity index (χ1n) is 3.83. The molecule has 0 rings (SSSR count). The molecule has 0 amide bonds. The highest BCUT2D eigenvalue weighted by molar-refractivity contribution is 9.11. The molecule has 0 bridgehead atoms. The first-order chi connectivity index (χ1) is 5.20. The molecule has 1 heteroatoms. The molecule has 0 aliphatic rings. The lowest BCUT2D eigenvalue weighted by Crippen LogP contribution is -1.70. The third-order valence-corrected chi connectivity index (χ3v) is 2.03. The maximum atomic E-state index is 3.66. The summed E-state index contributed by atoms with van der Waals surface area (Å²) >= 11 is 3.44. The molecule has 0 saturated carbocycles. The summed E-state index contributed by atoms with van der Waals surface area (Å²) in [6.45, 7) is 7.94. The van der Waals surface area contributed by atoms with Gasteiger partial charge < -0.3 is 0 Å². The van der Waals surface area contributed by atoms with E-state index in [1.165, 1.54) is 10.1 Å². The highest BCUT2D eigenvalue weighted by Crippen LogP contribution is 2.11. The number of hydrogen-bond acceptors (Lipinski definition) is 0. The summed E-state index contributed by atoms with van der Waals surface area (Å²) < 4.78 is 1.18. The summed E-state index contributed by atoms with van der Waals surface area (Å²) in [4.78, 5) is 0. The van der Waals surface area contributed by atoms with Crippen LogP contribution in [0.2, 0.25) is 0 Å². The van der Waals surface area contributed by atoms with E-state index in [1.54, 1.807) is 0 Å². The lowest BCUT2D eigenvalue weighted by Gasteiger charge is -1.92. The normalized spacial score (nSPS) is 13.4. The van der Waals surface area contributed by atoms with Crippen molar-refractivity contribution in [1.82, 2.24) is 0 Å². The molecule has 0 atom stereocenters. The van der Waals surface area contributed by atoms with Crippen molar-refractivity contribution < 1.29 is 0 Å². The van der Waals surface area contributed by atoms with Crippen LogP contribution in [0.1, 0.15) is 26.7 Å². The SMILES string of the molecule is C=CC/C(Br)=C\C=C(\C)CC. The summed E-state index contributed by atoms with van der Waals surface area (Å²) in [5.74, 6) is 0. The fraction of sp³-hybridized carbons (Fsp3) is 0.400. The Labute approximate surface area is 77.8 Å². The second kappa shape index (κ2) is 6.41. The molecule has 0 N–H and O–H groups in total. The van der Waals surface area contributed by atoms with Crippen molar-refractivity contribution in [2.45, 2.75) is 26.7 Å². The predicted molar refractivity (Wildman–Crippen MR) is 55.9 cm³/mol. The maximum Gasteiger partial charge on any atom is -0.00118 e. The predicted octanol–water partition coefficient (Wildman–Crippen LogP) is 4.20. The number of halogens is 1. The van der Waals surface area contributed by atoms with Crippen molar-refractivity contribution in [3.8, 4) is 0 Å². The average Bonchev–Trinajstić information content (AvgIpc) is 2.01. The summed E-state index contributed by atoms with van der Waals surface area (Å²) in [5.41, 5.74) is 1.39. The van der Waals surface area contributed by atoms with Gasteiger partial charge in [0.2, 0.25) is 0 Å². The molecule has 0 nitrogen and oxygen atoms in total. The van der Waals surface area contributed by atoms with E-state index in [0.717, 1.165) is 12.8 Å². The molecule has 0 aliphatic heterocycles. The van der Waals surface area contributed by atoms with E-state index < -0.39 is 0 Å². The third kappa shape index (κ3) is 6.11. The number of hydrogen-bond donors (Lipinski definition) is 0. The topological polar surface area (TPSA) is 0 Å². The van der Waals surface area contributed by atoms with E-state index >= 15 is 0 Å². The molecule has 0 unspecified atom stereocenters. The summed E-state index contributed by atoms with van der Waals surface area (Å²) in [6, 6.07) is 0. The van der Waals surface area contributed by atoms with Gasteiger partial charge in [-0.25, -0.2) is 0 Å². The van der Waals surface area contributed by atoms with Crippen LogP contribution in [0.25, 0.3) is 0 Å². The molecule has 62 valence electrons. The van der Waals surface area contributed by atoms with Crippen LogP contribution in [-0.4, -0.2) is 0 Å². The van der Waals surface area contributed by atoms with E-state index in [-0.39, 0.29) is 0 Å². The Kier molecular flexibility index (Phi) is 6.24. The molecule has 0 saturated heterocycles. The summed E-state index contributed by atoms with van der Waals surface area (Å²) in [7, 11) is 0. The minimum absolute atomic E-state index is 0.910. The van der Waals surface area contributed by atoms with Gasteiger partial charge in [-0.2, -0.15) is 0 Å². The van der Waals surface area contributed by atoms with E-state index in [2.05, 4.69) is 48.5 Å². The molecule has 0 aromatic carbocycles. The van der Waals surface area contributed by atoms with Gasteiger partial charge in [-0.1, -0.05) is 46.7 Å². The number of allylic oxidation sites excluding steroid dienone is 5. The minimum Gasteiger partial charge on any atom is -0.103 e. The molecule has 0 aromatic rings. The average molecular weight is 215 g/mol. The Morgan fingerprint density at radius 3 is 2.55 bits per heavy atom. The van der Waals surface area contributed by atoms with Crippen LogP contribution in [0.4, 0.5) is 0 Å². The first-order valence-corrected chi connectivity index (χ1v) is 4.62. The Bertz CT molecular complexity index is 175. The monoisotopic (exact) mass is 214 g/mol. The zero-order valence-corrected chi connectivity index (χ0v) is 8.82. The van der Waals surface area contributed by atoms with Gasteiger partial charge in [0.1, 0.15) is 0 Å². The van der Waals surface area contributed by atoms with Crippen LogP contribution < -0.4 is 0 Å². The van der Waals surface area contributed by atoms with Crippen LogP contribution in [0.5, 0.6) is 0 Å². The zero-order chi connectivity index (χ0) is 8.69. The molecular weight excluding hydrogens is 200 g/mol. The smallest absolute Gasteiger partial charge is 0.00118 e. The largest absolute Gasteiger partial charge is 0.103 e. The van der Waals surface area contributed by atoms with Crippen molar-refractivity contribution in [2.75, 3.05) is 0 Å². The van der Waals surface area contributed by atoms with Crippen molar-refractivity contribution in [1.29, 1.82) is 0 Å². The van der Waals surface area contributed by atoms with E-state index in [4.69, 9.17) is 0 Å². The van der Waals surface area contributed by atoms with Crippen LogP contribution in [0.3, 0.4) is 0 Å². The molecule has 0 spiro atoms. The lowest BCUT2D eigenvalue weighted by atomic mass is 10.2. The minimum atomic E-state index is 0.910. The van der Waals surface area contributed by atoms with Crippen LogP contribution >= 0.6 is 15.9 Å². The molecule has 0 aliphatic carbocycles.